The normalized spacial score (nSPS) is 22.4. The number of aromatic nitrogens is 2. The van der Waals surface area contributed by atoms with Gasteiger partial charge in [-0.2, -0.15) is 4.98 Å². The van der Waals surface area contributed by atoms with Gasteiger partial charge in [0.15, 0.2) is 5.82 Å². The maximum atomic E-state index is 6.16. The summed E-state index contributed by atoms with van der Waals surface area (Å²) < 4.78 is 5.37. The van der Waals surface area contributed by atoms with E-state index in [1.165, 1.54) is 12.8 Å². The van der Waals surface area contributed by atoms with Crippen LogP contribution in [0.4, 0.5) is 0 Å². The van der Waals surface area contributed by atoms with Gasteiger partial charge in [-0.15, -0.1) is 0 Å². The molecule has 19 heavy (non-hydrogen) atoms. The maximum absolute atomic E-state index is 6.16. The van der Waals surface area contributed by atoms with E-state index in [1.807, 2.05) is 0 Å². The smallest absolute Gasteiger partial charge is 0.244 e. The van der Waals surface area contributed by atoms with Crippen LogP contribution in [0, 0.1) is 10.8 Å². The van der Waals surface area contributed by atoms with Crippen LogP contribution >= 0.6 is 0 Å². The third-order valence-corrected chi connectivity index (χ3v) is 4.36. The standard InChI is InChI=1S/C15H27N3O/c1-14(2,3)11(16)13-17-12(18-19-13)10-6-8-15(4,5)9-7-10/h10-11H,6-9,16H2,1-5H3/t11-/m0/s1. The molecule has 1 fully saturated rings. The third kappa shape index (κ3) is 3.35. The Bertz CT molecular complexity index is 421. The van der Waals surface area contributed by atoms with Gasteiger partial charge in [-0.05, 0) is 36.5 Å². The largest absolute Gasteiger partial charge is 0.338 e. The molecule has 0 aromatic carbocycles. The van der Waals surface area contributed by atoms with Crippen molar-refractivity contribution in [1.29, 1.82) is 0 Å². The Balaban J connectivity index is 2.06. The summed E-state index contributed by atoms with van der Waals surface area (Å²) in [4.78, 5) is 4.55. The third-order valence-electron chi connectivity index (χ3n) is 4.36. The van der Waals surface area contributed by atoms with E-state index in [2.05, 4.69) is 44.8 Å². The predicted molar refractivity (Wildman–Crippen MR) is 75.7 cm³/mol. The molecule has 0 radical (unpaired) electrons. The number of hydrogen-bond acceptors (Lipinski definition) is 4. The van der Waals surface area contributed by atoms with Crippen molar-refractivity contribution < 1.29 is 4.52 Å². The summed E-state index contributed by atoms with van der Waals surface area (Å²) in [6, 6.07) is -0.200. The summed E-state index contributed by atoms with van der Waals surface area (Å²) in [6.07, 6.45) is 4.76. The zero-order chi connectivity index (χ0) is 14.3. The van der Waals surface area contributed by atoms with Crippen LogP contribution in [-0.4, -0.2) is 10.1 Å². The van der Waals surface area contributed by atoms with Gasteiger partial charge in [-0.25, -0.2) is 0 Å². The second-order valence-corrected chi connectivity index (χ2v) is 7.77. The fraction of sp³-hybridized carbons (Fsp3) is 0.867. The summed E-state index contributed by atoms with van der Waals surface area (Å²) in [6.45, 7) is 10.9. The lowest BCUT2D eigenvalue weighted by Gasteiger charge is -2.32. The zero-order valence-electron chi connectivity index (χ0n) is 12.9. The van der Waals surface area contributed by atoms with Gasteiger partial charge in [0.25, 0.3) is 0 Å². The van der Waals surface area contributed by atoms with Gasteiger partial charge in [0.1, 0.15) is 0 Å². The summed E-state index contributed by atoms with van der Waals surface area (Å²) >= 11 is 0. The molecule has 0 unspecified atom stereocenters. The first-order valence-electron chi connectivity index (χ1n) is 7.28. The summed E-state index contributed by atoms with van der Waals surface area (Å²) in [5, 5.41) is 4.16. The molecule has 0 saturated heterocycles. The van der Waals surface area contributed by atoms with Crippen LogP contribution in [0.15, 0.2) is 4.52 Å². The summed E-state index contributed by atoms with van der Waals surface area (Å²) in [5.74, 6) is 1.87. The molecule has 1 aromatic heterocycles. The van der Waals surface area contributed by atoms with E-state index in [0.29, 0.717) is 17.2 Å². The molecule has 108 valence electrons. The van der Waals surface area contributed by atoms with Crippen LogP contribution in [0.5, 0.6) is 0 Å². The lowest BCUT2D eigenvalue weighted by Crippen LogP contribution is -2.26. The van der Waals surface area contributed by atoms with Crippen molar-refractivity contribution in [2.24, 2.45) is 16.6 Å². The molecule has 1 heterocycles. The lowest BCUT2D eigenvalue weighted by atomic mass is 9.73. The minimum Gasteiger partial charge on any atom is -0.338 e. The van der Waals surface area contributed by atoms with Gasteiger partial charge >= 0.3 is 0 Å². The molecule has 1 saturated carbocycles. The molecule has 1 aliphatic rings. The van der Waals surface area contributed by atoms with E-state index in [1.54, 1.807) is 0 Å². The Kier molecular flexibility index (Phi) is 3.74. The molecular weight excluding hydrogens is 238 g/mol. The highest BCUT2D eigenvalue weighted by Crippen LogP contribution is 2.42. The Morgan fingerprint density at radius 2 is 1.84 bits per heavy atom. The van der Waals surface area contributed by atoms with Crippen LogP contribution in [0.3, 0.4) is 0 Å². The molecule has 1 atom stereocenters. The van der Waals surface area contributed by atoms with Crippen molar-refractivity contribution in [3.63, 3.8) is 0 Å². The van der Waals surface area contributed by atoms with Crippen molar-refractivity contribution in [3.05, 3.63) is 11.7 Å². The Morgan fingerprint density at radius 3 is 2.37 bits per heavy atom. The summed E-state index contributed by atoms with van der Waals surface area (Å²) in [5.41, 5.74) is 6.57. The van der Waals surface area contributed by atoms with Crippen LogP contribution < -0.4 is 5.73 Å². The second-order valence-electron chi connectivity index (χ2n) is 7.77. The first-order valence-corrected chi connectivity index (χ1v) is 7.28. The van der Waals surface area contributed by atoms with Crippen molar-refractivity contribution in [3.8, 4) is 0 Å². The number of rotatable bonds is 2. The van der Waals surface area contributed by atoms with Gasteiger partial charge < -0.3 is 10.3 Å². The molecule has 1 aromatic rings. The molecule has 4 heteroatoms. The first kappa shape index (κ1) is 14.5. The first-order chi connectivity index (χ1) is 8.69. The van der Waals surface area contributed by atoms with Gasteiger partial charge in [0.05, 0.1) is 6.04 Å². The predicted octanol–water partition coefficient (Wildman–Crippen LogP) is 3.80. The average molecular weight is 265 g/mol. The highest BCUT2D eigenvalue weighted by molar-refractivity contribution is 5.02. The van der Waals surface area contributed by atoms with E-state index in [-0.39, 0.29) is 11.5 Å². The molecule has 4 nitrogen and oxygen atoms in total. The van der Waals surface area contributed by atoms with Crippen molar-refractivity contribution >= 4 is 0 Å². The minimum absolute atomic E-state index is 0.0572. The molecule has 1 aliphatic carbocycles. The second kappa shape index (κ2) is 4.89. The van der Waals surface area contributed by atoms with E-state index >= 15 is 0 Å². The summed E-state index contributed by atoms with van der Waals surface area (Å²) in [7, 11) is 0. The zero-order valence-corrected chi connectivity index (χ0v) is 12.9. The monoisotopic (exact) mass is 265 g/mol. The van der Waals surface area contributed by atoms with Gasteiger partial charge in [-0.1, -0.05) is 39.8 Å². The fourth-order valence-electron chi connectivity index (χ4n) is 2.57. The van der Waals surface area contributed by atoms with E-state index in [4.69, 9.17) is 10.3 Å². The van der Waals surface area contributed by atoms with Crippen molar-refractivity contribution in [1.82, 2.24) is 10.1 Å². The van der Waals surface area contributed by atoms with Crippen LogP contribution in [0.25, 0.3) is 0 Å². The maximum Gasteiger partial charge on any atom is 0.244 e. The van der Waals surface area contributed by atoms with Crippen LogP contribution in [-0.2, 0) is 0 Å². The molecule has 2 N–H and O–H groups in total. The molecule has 0 amide bonds. The SMILES string of the molecule is CC1(C)CCC(c2noc([C@H](N)C(C)(C)C)n2)CC1. The number of hydrogen-bond donors (Lipinski definition) is 1. The molecule has 0 aliphatic heterocycles. The van der Waals surface area contributed by atoms with Crippen molar-refractivity contribution in [2.45, 2.75) is 72.3 Å². The minimum atomic E-state index is -0.200. The fourth-order valence-corrected chi connectivity index (χ4v) is 2.57. The van der Waals surface area contributed by atoms with Crippen molar-refractivity contribution in [2.75, 3.05) is 0 Å². The van der Waals surface area contributed by atoms with E-state index < -0.39 is 0 Å². The topological polar surface area (TPSA) is 64.9 Å². The average Bonchev–Trinajstić information content (AvgIpc) is 2.76. The quantitative estimate of drug-likeness (QED) is 0.883. The molecule has 2 rings (SSSR count). The highest BCUT2D eigenvalue weighted by atomic mass is 16.5. The Hall–Kier alpha value is -0.900. The number of nitrogens with two attached hydrogens (primary N) is 1. The molecule has 0 spiro atoms. The van der Waals surface area contributed by atoms with Gasteiger partial charge in [0, 0.05) is 5.92 Å². The van der Waals surface area contributed by atoms with E-state index in [0.717, 1.165) is 18.7 Å². The number of nitrogens with zero attached hydrogens (tertiary/aromatic N) is 2. The Labute approximate surface area is 116 Å². The van der Waals surface area contributed by atoms with Gasteiger partial charge in [-0.3, -0.25) is 0 Å². The molecular formula is C15H27N3O. The Morgan fingerprint density at radius 1 is 1.26 bits per heavy atom. The lowest BCUT2D eigenvalue weighted by molar-refractivity contribution is 0.217. The van der Waals surface area contributed by atoms with Crippen LogP contribution in [0.1, 0.15) is 84.0 Å². The highest BCUT2D eigenvalue weighted by Gasteiger charge is 2.32. The molecule has 0 bridgehead atoms. The van der Waals surface area contributed by atoms with Crippen LogP contribution in [0.2, 0.25) is 0 Å². The van der Waals surface area contributed by atoms with Gasteiger partial charge in [0.2, 0.25) is 5.89 Å². The van der Waals surface area contributed by atoms with E-state index in [9.17, 15) is 0 Å².